The number of nitrogens with zero attached hydrogens (tertiary/aromatic N) is 2. The topological polar surface area (TPSA) is 96.4 Å². The zero-order valence-electron chi connectivity index (χ0n) is 14.6. The lowest BCUT2D eigenvalue weighted by atomic mass is 10.1. The molecule has 1 aromatic heterocycles. The predicted octanol–water partition coefficient (Wildman–Crippen LogP) is 1.73. The van der Waals surface area contributed by atoms with Crippen molar-refractivity contribution in [2.75, 3.05) is 23.9 Å². The second-order valence-electron chi connectivity index (χ2n) is 6.34. The lowest BCUT2D eigenvalue weighted by Crippen LogP contribution is -2.38. The Morgan fingerprint density at radius 2 is 2.00 bits per heavy atom. The van der Waals surface area contributed by atoms with E-state index in [1.165, 1.54) is 48.5 Å². The molecule has 1 atom stereocenters. The number of pyridine rings is 1. The molecule has 0 radical (unpaired) electrons. The van der Waals surface area contributed by atoms with Crippen LogP contribution in [0.2, 0.25) is 0 Å². The second-order valence-corrected chi connectivity index (χ2v) is 8.57. The Morgan fingerprint density at radius 3 is 2.67 bits per heavy atom. The van der Waals surface area contributed by atoms with Crippen LogP contribution in [0.4, 0.5) is 10.1 Å². The van der Waals surface area contributed by atoms with Crippen LogP contribution in [-0.4, -0.2) is 54.7 Å². The first-order valence-electron chi connectivity index (χ1n) is 8.26. The smallest absolute Gasteiger partial charge is 0.274 e. The van der Waals surface area contributed by atoms with Crippen molar-refractivity contribution in [3.8, 4) is 0 Å². The van der Waals surface area contributed by atoms with Crippen molar-refractivity contribution in [3.63, 3.8) is 0 Å². The van der Waals surface area contributed by atoms with Gasteiger partial charge in [-0.3, -0.25) is 14.6 Å². The molecular weight excluding hydrogens is 373 g/mol. The van der Waals surface area contributed by atoms with Crippen molar-refractivity contribution in [2.45, 2.75) is 12.5 Å². The van der Waals surface area contributed by atoms with Gasteiger partial charge in [0.25, 0.3) is 11.8 Å². The minimum Gasteiger partial charge on any atom is -0.338 e. The number of carbonyl (C=O) groups is 2. The summed E-state index contributed by atoms with van der Waals surface area (Å²) in [5.74, 6) is -1.65. The maximum absolute atomic E-state index is 13.7. The molecule has 2 heterocycles. The Bertz CT molecular complexity index is 994. The lowest BCUT2D eigenvalue weighted by Gasteiger charge is -2.23. The van der Waals surface area contributed by atoms with Crippen molar-refractivity contribution < 1.29 is 22.4 Å². The van der Waals surface area contributed by atoms with Crippen LogP contribution in [0.15, 0.2) is 42.6 Å². The SMILES string of the molecule is CN(C(=O)c1ccnc(C(=O)Nc2ccccc2F)c1)C1CCS(=O)(=O)C1. The number of anilines is 1. The number of hydrogen-bond acceptors (Lipinski definition) is 5. The van der Waals surface area contributed by atoms with E-state index >= 15 is 0 Å². The number of hydrogen-bond donors (Lipinski definition) is 1. The number of rotatable bonds is 4. The normalized spacial score (nSPS) is 18.1. The van der Waals surface area contributed by atoms with Crippen LogP contribution in [0.3, 0.4) is 0 Å². The van der Waals surface area contributed by atoms with Gasteiger partial charge >= 0.3 is 0 Å². The third kappa shape index (κ3) is 4.30. The largest absolute Gasteiger partial charge is 0.338 e. The number of nitrogens with one attached hydrogen (secondary N) is 1. The molecule has 27 heavy (non-hydrogen) atoms. The van der Waals surface area contributed by atoms with E-state index in [9.17, 15) is 22.4 Å². The summed E-state index contributed by atoms with van der Waals surface area (Å²) in [6.45, 7) is 0. The monoisotopic (exact) mass is 391 g/mol. The quantitative estimate of drug-likeness (QED) is 0.856. The fourth-order valence-electron chi connectivity index (χ4n) is 2.89. The van der Waals surface area contributed by atoms with E-state index in [-0.39, 0.29) is 28.5 Å². The summed E-state index contributed by atoms with van der Waals surface area (Å²) in [7, 11) is -1.59. The average molecular weight is 391 g/mol. The Morgan fingerprint density at radius 1 is 1.26 bits per heavy atom. The zero-order valence-corrected chi connectivity index (χ0v) is 15.4. The first kappa shape index (κ1) is 19.0. The number of carbonyl (C=O) groups excluding carboxylic acids is 2. The molecule has 1 fully saturated rings. The summed E-state index contributed by atoms with van der Waals surface area (Å²) in [6.07, 6.45) is 1.69. The molecule has 142 valence electrons. The molecule has 2 amide bonds. The van der Waals surface area contributed by atoms with Crippen molar-refractivity contribution in [3.05, 3.63) is 59.7 Å². The highest BCUT2D eigenvalue weighted by Gasteiger charge is 2.33. The molecule has 9 heteroatoms. The molecule has 1 aliphatic rings. The number of aromatic nitrogens is 1. The zero-order chi connectivity index (χ0) is 19.6. The molecule has 0 saturated carbocycles. The fourth-order valence-corrected chi connectivity index (χ4v) is 4.66. The molecule has 3 rings (SSSR count). The molecule has 7 nitrogen and oxygen atoms in total. The summed E-state index contributed by atoms with van der Waals surface area (Å²) in [6, 6.07) is 8.06. The van der Waals surface area contributed by atoms with Crippen molar-refractivity contribution in [1.82, 2.24) is 9.88 Å². The van der Waals surface area contributed by atoms with E-state index in [1.807, 2.05) is 0 Å². The van der Waals surface area contributed by atoms with Crippen molar-refractivity contribution >= 4 is 27.3 Å². The highest BCUT2D eigenvalue weighted by atomic mass is 32.2. The molecule has 1 aliphatic heterocycles. The van der Waals surface area contributed by atoms with Gasteiger partial charge in [-0.2, -0.15) is 0 Å². The third-order valence-electron chi connectivity index (χ3n) is 4.44. The predicted molar refractivity (Wildman–Crippen MR) is 97.7 cm³/mol. The lowest BCUT2D eigenvalue weighted by molar-refractivity contribution is 0.0747. The van der Waals surface area contributed by atoms with E-state index in [0.29, 0.717) is 6.42 Å². The first-order valence-corrected chi connectivity index (χ1v) is 10.1. The Hall–Kier alpha value is -2.81. The van der Waals surface area contributed by atoms with Crippen LogP contribution in [0.5, 0.6) is 0 Å². The van der Waals surface area contributed by atoms with E-state index in [4.69, 9.17) is 0 Å². The van der Waals surface area contributed by atoms with Gasteiger partial charge in [-0.1, -0.05) is 12.1 Å². The highest BCUT2D eigenvalue weighted by Crippen LogP contribution is 2.19. The number of amides is 2. The Labute approximate surface area is 156 Å². The summed E-state index contributed by atoms with van der Waals surface area (Å²) < 4.78 is 36.9. The van der Waals surface area contributed by atoms with Gasteiger partial charge < -0.3 is 10.2 Å². The van der Waals surface area contributed by atoms with Crippen molar-refractivity contribution in [1.29, 1.82) is 0 Å². The third-order valence-corrected chi connectivity index (χ3v) is 6.19. The van der Waals surface area contributed by atoms with Crippen molar-refractivity contribution in [2.24, 2.45) is 0 Å². The minimum atomic E-state index is -3.12. The molecule has 0 aliphatic carbocycles. The molecule has 1 saturated heterocycles. The summed E-state index contributed by atoms with van der Waals surface area (Å²) >= 11 is 0. The molecule has 1 unspecified atom stereocenters. The van der Waals surface area contributed by atoms with E-state index in [1.54, 1.807) is 6.07 Å². The fraction of sp³-hybridized carbons (Fsp3) is 0.278. The summed E-state index contributed by atoms with van der Waals surface area (Å²) in [4.78, 5) is 30.2. The van der Waals surface area contributed by atoms with Gasteiger partial charge in [-0.25, -0.2) is 12.8 Å². The van der Waals surface area contributed by atoms with E-state index in [2.05, 4.69) is 10.3 Å². The molecular formula is C18H18FN3O4S. The standard InChI is InChI=1S/C18H18FN3O4S/c1-22(13-7-9-27(25,26)11-13)18(24)12-6-8-20-16(10-12)17(23)21-15-5-3-2-4-14(15)19/h2-6,8,10,13H,7,9,11H2,1H3,(H,21,23). The molecule has 1 aromatic carbocycles. The van der Waals surface area contributed by atoms with E-state index in [0.717, 1.165) is 0 Å². The van der Waals surface area contributed by atoms with Gasteiger partial charge in [0.1, 0.15) is 11.5 Å². The summed E-state index contributed by atoms with van der Waals surface area (Å²) in [5.41, 5.74) is 0.168. The van der Waals surface area contributed by atoms with E-state index < -0.39 is 33.5 Å². The molecule has 0 bridgehead atoms. The maximum Gasteiger partial charge on any atom is 0.274 e. The van der Waals surface area contributed by atoms with Gasteiger partial charge in [0.05, 0.1) is 17.2 Å². The molecule has 2 aromatic rings. The van der Waals surface area contributed by atoms with Gasteiger partial charge in [0.2, 0.25) is 0 Å². The number of benzene rings is 1. The van der Waals surface area contributed by atoms with Crippen LogP contribution >= 0.6 is 0 Å². The van der Waals surface area contributed by atoms with Crippen LogP contribution in [-0.2, 0) is 9.84 Å². The Balaban J connectivity index is 1.76. The highest BCUT2D eigenvalue weighted by molar-refractivity contribution is 7.91. The second kappa shape index (κ2) is 7.43. The number of para-hydroxylation sites is 1. The van der Waals surface area contributed by atoms with Gasteiger partial charge in [0, 0.05) is 24.8 Å². The van der Waals surface area contributed by atoms with Crippen LogP contribution in [0, 0.1) is 5.82 Å². The number of halogens is 1. The van der Waals surface area contributed by atoms with Crippen LogP contribution in [0.25, 0.3) is 0 Å². The van der Waals surface area contributed by atoms with Crippen LogP contribution in [0.1, 0.15) is 27.3 Å². The molecule has 0 spiro atoms. The molecule has 1 N–H and O–H groups in total. The maximum atomic E-state index is 13.7. The van der Waals surface area contributed by atoms with Gasteiger partial charge in [-0.05, 0) is 30.7 Å². The Kier molecular flexibility index (Phi) is 5.22. The number of sulfone groups is 1. The average Bonchev–Trinajstić information content (AvgIpc) is 3.02. The summed E-state index contributed by atoms with van der Waals surface area (Å²) in [5, 5.41) is 2.41. The van der Waals surface area contributed by atoms with Crippen LogP contribution < -0.4 is 5.32 Å². The first-order chi connectivity index (χ1) is 12.8. The minimum absolute atomic E-state index is 0.00862. The van der Waals surface area contributed by atoms with Gasteiger partial charge in [0.15, 0.2) is 9.84 Å². The van der Waals surface area contributed by atoms with Gasteiger partial charge in [-0.15, -0.1) is 0 Å².